The molecule has 0 amide bonds. The first-order valence-electron chi connectivity index (χ1n) is 7.77. The van der Waals surface area contributed by atoms with E-state index in [1.165, 1.54) is 64.5 Å². The highest BCUT2D eigenvalue weighted by Crippen LogP contribution is 2.32. The van der Waals surface area contributed by atoms with Gasteiger partial charge in [0, 0.05) is 19.1 Å². The molecule has 2 aliphatic carbocycles. The molecule has 0 aromatic rings. The molecule has 0 spiro atoms. The molecule has 0 aliphatic heterocycles. The van der Waals surface area contributed by atoms with E-state index in [0.29, 0.717) is 6.04 Å². The van der Waals surface area contributed by atoms with E-state index in [4.69, 9.17) is 5.73 Å². The number of nitrogens with zero attached hydrogens (tertiary/aromatic N) is 1. The first kappa shape index (κ1) is 13.4. The second kappa shape index (κ2) is 6.75. The van der Waals surface area contributed by atoms with Crippen molar-refractivity contribution in [2.24, 2.45) is 17.6 Å². The van der Waals surface area contributed by atoms with Crippen LogP contribution < -0.4 is 5.73 Å². The number of hydrogen-bond donors (Lipinski definition) is 1. The standard InChI is InChI=1S/C15H30N2/c1-2-17(12-14-8-9-14)15(11-16)10-13-6-4-3-5-7-13/h13-15H,2-12,16H2,1H3. The Balaban J connectivity index is 1.79. The minimum atomic E-state index is 0.656. The summed E-state index contributed by atoms with van der Waals surface area (Å²) < 4.78 is 0. The van der Waals surface area contributed by atoms with E-state index < -0.39 is 0 Å². The summed E-state index contributed by atoms with van der Waals surface area (Å²) in [6, 6.07) is 0.656. The molecule has 2 rings (SSSR count). The summed E-state index contributed by atoms with van der Waals surface area (Å²) in [7, 11) is 0. The van der Waals surface area contributed by atoms with Crippen LogP contribution in [0.2, 0.25) is 0 Å². The predicted molar refractivity (Wildman–Crippen MR) is 74.0 cm³/mol. The maximum absolute atomic E-state index is 6.02. The lowest BCUT2D eigenvalue weighted by Gasteiger charge is -2.34. The van der Waals surface area contributed by atoms with Crippen molar-refractivity contribution in [3.05, 3.63) is 0 Å². The van der Waals surface area contributed by atoms with Gasteiger partial charge in [-0.1, -0.05) is 39.0 Å². The fraction of sp³-hybridized carbons (Fsp3) is 1.00. The highest BCUT2D eigenvalue weighted by molar-refractivity contribution is 4.83. The molecule has 2 saturated carbocycles. The molecule has 0 bridgehead atoms. The molecule has 2 N–H and O–H groups in total. The van der Waals surface area contributed by atoms with Crippen LogP contribution in [0.25, 0.3) is 0 Å². The zero-order valence-corrected chi connectivity index (χ0v) is 11.5. The van der Waals surface area contributed by atoms with Crippen LogP contribution >= 0.6 is 0 Å². The Labute approximate surface area is 107 Å². The summed E-state index contributed by atoms with van der Waals surface area (Å²) in [5, 5.41) is 0. The van der Waals surface area contributed by atoms with Crippen molar-refractivity contribution in [2.45, 2.75) is 64.3 Å². The largest absolute Gasteiger partial charge is 0.329 e. The van der Waals surface area contributed by atoms with Crippen LogP contribution in [-0.2, 0) is 0 Å². The smallest absolute Gasteiger partial charge is 0.0221 e. The Bertz CT molecular complexity index is 207. The predicted octanol–water partition coefficient (Wildman–Crippen LogP) is 3.02. The van der Waals surface area contributed by atoms with Crippen molar-refractivity contribution >= 4 is 0 Å². The maximum Gasteiger partial charge on any atom is 0.0221 e. The van der Waals surface area contributed by atoms with Crippen LogP contribution in [0.15, 0.2) is 0 Å². The second-order valence-corrected chi connectivity index (χ2v) is 6.16. The third-order valence-corrected chi connectivity index (χ3v) is 4.71. The average Bonchev–Trinajstić information content (AvgIpc) is 3.18. The monoisotopic (exact) mass is 238 g/mol. The van der Waals surface area contributed by atoms with Crippen LogP contribution in [0.3, 0.4) is 0 Å². The first-order chi connectivity index (χ1) is 8.33. The zero-order chi connectivity index (χ0) is 12.1. The third-order valence-electron chi connectivity index (χ3n) is 4.71. The molecule has 0 saturated heterocycles. The molecule has 1 unspecified atom stereocenters. The summed E-state index contributed by atoms with van der Waals surface area (Å²) in [5.41, 5.74) is 6.02. The van der Waals surface area contributed by atoms with Gasteiger partial charge in [0.2, 0.25) is 0 Å². The molecule has 100 valence electrons. The van der Waals surface area contributed by atoms with E-state index in [1.807, 2.05) is 0 Å². The highest BCUT2D eigenvalue weighted by atomic mass is 15.2. The van der Waals surface area contributed by atoms with Gasteiger partial charge in [0.05, 0.1) is 0 Å². The quantitative estimate of drug-likeness (QED) is 0.739. The van der Waals surface area contributed by atoms with Gasteiger partial charge >= 0.3 is 0 Å². The summed E-state index contributed by atoms with van der Waals surface area (Å²) in [5.74, 6) is 1.96. The van der Waals surface area contributed by atoms with E-state index >= 15 is 0 Å². The van der Waals surface area contributed by atoms with E-state index in [-0.39, 0.29) is 0 Å². The molecule has 0 radical (unpaired) electrons. The van der Waals surface area contributed by atoms with Gasteiger partial charge < -0.3 is 5.73 Å². The van der Waals surface area contributed by atoms with Crippen molar-refractivity contribution in [1.82, 2.24) is 4.90 Å². The van der Waals surface area contributed by atoms with Crippen molar-refractivity contribution in [2.75, 3.05) is 19.6 Å². The highest BCUT2D eigenvalue weighted by Gasteiger charge is 2.28. The van der Waals surface area contributed by atoms with E-state index in [2.05, 4.69) is 11.8 Å². The third kappa shape index (κ3) is 4.26. The fourth-order valence-electron chi connectivity index (χ4n) is 3.37. The van der Waals surface area contributed by atoms with Gasteiger partial charge in [0.15, 0.2) is 0 Å². The average molecular weight is 238 g/mol. The second-order valence-electron chi connectivity index (χ2n) is 6.16. The van der Waals surface area contributed by atoms with E-state index in [9.17, 15) is 0 Å². The zero-order valence-electron chi connectivity index (χ0n) is 11.5. The molecule has 1 atom stereocenters. The van der Waals surface area contributed by atoms with E-state index in [1.54, 1.807) is 0 Å². The summed E-state index contributed by atoms with van der Waals surface area (Å²) >= 11 is 0. The van der Waals surface area contributed by atoms with Crippen molar-refractivity contribution in [3.63, 3.8) is 0 Å². The lowest BCUT2D eigenvalue weighted by Crippen LogP contribution is -2.43. The SMILES string of the molecule is CCN(CC1CC1)C(CN)CC1CCCCC1. The molecular weight excluding hydrogens is 208 g/mol. The minimum Gasteiger partial charge on any atom is -0.329 e. The molecule has 2 fully saturated rings. The lowest BCUT2D eigenvalue weighted by molar-refractivity contribution is 0.160. The number of rotatable bonds is 7. The Morgan fingerprint density at radius 1 is 1.06 bits per heavy atom. The van der Waals surface area contributed by atoms with Gasteiger partial charge in [-0.15, -0.1) is 0 Å². The molecular formula is C15H30N2. The molecule has 2 heteroatoms. The van der Waals surface area contributed by atoms with Crippen molar-refractivity contribution < 1.29 is 0 Å². The Morgan fingerprint density at radius 3 is 2.29 bits per heavy atom. The van der Waals surface area contributed by atoms with Crippen LogP contribution in [0, 0.1) is 11.8 Å². The summed E-state index contributed by atoms with van der Waals surface area (Å²) in [6.07, 6.45) is 11.6. The maximum atomic E-state index is 6.02. The normalized spacial score (nSPS) is 24.2. The number of nitrogens with two attached hydrogens (primary N) is 1. The van der Waals surface area contributed by atoms with Gasteiger partial charge in [0.25, 0.3) is 0 Å². The molecule has 0 heterocycles. The molecule has 0 aromatic carbocycles. The fourth-order valence-corrected chi connectivity index (χ4v) is 3.37. The minimum absolute atomic E-state index is 0.656. The van der Waals surface area contributed by atoms with Crippen molar-refractivity contribution in [3.8, 4) is 0 Å². The lowest BCUT2D eigenvalue weighted by atomic mass is 9.84. The Hall–Kier alpha value is -0.0800. The Kier molecular flexibility index (Phi) is 5.30. The van der Waals surface area contributed by atoms with Crippen molar-refractivity contribution in [1.29, 1.82) is 0 Å². The van der Waals surface area contributed by atoms with E-state index in [0.717, 1.165) is 18.4 Å². The topological polar surface area (TPSA) is 29.3 Å². The first-order valence-corrected chi connectivity index (χ1v) is 7.77. The Morgan fingerprint density at radius 2 is 1.76 bits per heavy atom. The number of likely N-dealkylation sites (N-methyl/N-ethyl adjacent to an activating group) is 1. The van der Waals surface area contributed by atoms with Gasteiger partial charge in [-0.3, -0.25) is 4.90 Å². The number of hydrogen-bond acceptors (Lipinski definition) is 2. The van der Waals surface area contributed by atoms with Gasteiger partial charge in [-0.25, -0.2) is 0 Å². The summed E-state index contributed by atoms with van der Waals surface area (Å²) in [6.45, 7) is 5.65. The van der Waals surface area contributed by atoms with Crippen LogP contribution in [-0.4, -0.2) is 30.6 Å². The summed E-state index contributed by atoms with van der Waals surface area (Å²) in [4.78, 5) is 2.66. The van der Waals surface area contributed by atoms with Gasteiger partial charge in [-0.05, 0) is 37.6 Å². The molecule has 0 aromatic heterocycles. The van der Waals surface area contributed by atoms with Gasteiger partial charge in [0.1, 0.15) is 0 Å². The molecule has 17 heavy (non-hydrogen) atoms. The van der Waals surface area contributed by atoms with Crippen LogP contribution in [0.1, 0.15) is 58.3 Å². The van der Waals surface area contributed by atoms with Crippen LogP contribution in [0.4, 0.5) is 0 Å². The molecule has 2 aliphatic rings. The van der Waals surface area contributed by atoms with Gasteiger partial charge in [-0.2, -0.15) is 0 Å². The molecule has 2 nitrogen and oxygen atoms in total. The van der Waals surface area contributed by atoms with Crippen LogP contribution in [0.5, 0.6) is 0 Å².